The zero-order valence-electron chi connectivity index (χ0n) is 14.7. The van der Waals surface area contributed by atoms with Crippen LogP contribution in [0.15, 0.2) is 24.4 Å². The Morgan fingerprint density at radius 2 is 2.12 bits per heavy atom. The number of carbonyl (C=O) groups is 1. The van der Waals surface area contributed by atoms with Crippen molar-refractivity contribution in [2.45, 2.75) is 45.9 Å². The molecule has 0 saturated heterocycles. The standard InChI is InChI=1S/C18H20F3N3O2/c1-9(2)8-24-15(17(20)21)12(7-22-24)18(25)23-14-10(3)26-16-11(14)5-4-6-13(16)19/h4-7,9-10,14,17H,8H2,1-3H3,(H,23,25). The van der Waals surface area contributed by atoms with Crippen molar-refractivity contribution >= 4 is 5.91 Å². The normalized spacial score (nSPS) is 18.9. The minimum atomic E-state index is -2.83. The van der Waals surface area contributed by atoms with Crippen LogP contribution in [0.1, 0.15) is 54.9 Å². The van der Waals surface area contributed by atoms with Gasteiger partial charge in [-0.25, -0.2) is 13.2 Å². The molecular formula is C18H20F3N3O2. The predicted molar refractivity (Wildman–Crippen MR) is 88.7 cm³/mol. The molecule has 5 nitrogen and oxygen atoms in total. The maximum atomic E-state index is 13.8. The minimum absolute atomic E-state index is 0.0786. The van der Waals surface area contributed by atoms with Crippen molar-refractivity contribution in [2.75, 3.05) is 0 Å². The van der Waals surface area contributed by atoms with Crippen LogP contribution in [0.2, 0.25) is 0 Å². The Bertz CT molecular complexity index is 820. The molecule has 0 spiro atoms. The zero-order valence-corrected chi connectivity index (χ0v) is 14.7. The van der Waals surface area contributed by atoms with Gasteiger partial charge in [0.25, 0.3) is 12.3 Å². The molecule has 0 bridgehead atoms. The largest absolute Gasteiger partial charge is 0.485 e. The fourth-order valence-corrected chi connectivity index (χ4v) is 3.11. The molecule has 1 aromatic carbocycles. The molecule has 0 fully saturated rings. The van der Waals surface area contributed by atoms with Crippen molar-refractivity contribution in [3.8, 4) is 5.75 Å². The molecule has 1 aromatic heterocycles. The molecule has 0 aliphatic carbocycles. The Morgan fingerprint density at radius 1 is 1.38 bits per heavy atom. The van der Waals surface area contributed by atoms with Crippen molar-refractivity contribution in [1.29, 1.82) is 0 Å². The number of carbonyl (C=O) groups excluding carboxylic acids is 1. The first-order valence-corrected chi connectivity index (χ1v) is 8.39. The molecule has 1 amide bonds. The number of para-hydroxylation sites is 1. The van der Waals surface area contributed by atoms with Gasteiger partial charge in [-0.15, -0.1) is 0 Å². The SMILES string of the molecule is CC(C)Cn1ncc(C(=O)NC2c3cccc(F)c3OC2C)c1C(F)F. The zero-order chi connectivity index (χ0) is 19.0. The van der Waals surface area contributed by atoms with Crippen LogP contribution in [-0.2, 0) is 6.54 Å². The summed E-state index contributed by atoms with van der Waals surface area (Å²) in [5.74, 6) is -1.03. The van der Waals surface area contributed by atoms with Crippen LogP contribution in [0.25, 0.3) is 0 Å². The lowest BCUT2D eigenvalue weighted by Crippen LogP contribution is -2.34. The van der Waals surface area contributed by atoms with Gasteiger partial charge in [-0.05, 0) is 18.9 Å². The number of hydrogen-bond acceptors (Lipinski definition) is 3. The first-order valence-electron chi connectivity index (χ1n) is 8.39. The lowest BCUT2D eigenvalue weighted by molar-refractivity contribution is 0.0890. The first-order chi connectivity index (χ1) is 12.3. The van der Waals surface area contributed by atoms with E-state index in [0.29, 0.717) is 5.56 Å². The van der Waals surface area contributed by atoms with Crippen LogP contribution < -0.4 is 10.1 Å². The van der Waals surface area contributed by atoms with E-state index >= 15 is 0 Å². The van der Waals surface area contributed by atoms with E-state index in [1.54, 1.807) is 13.0 Å². The summed E-state index contributed by atoms with van der Waals surface area (Å²) in [6.07, 6.45) is -2.21. The van der Waals surface area contributed by atoms with Crippen LogP contribution in [0.3, 0.4) is 0 Å². The van der Waals surface area contributed by atoms with E-state index in [1.807, 2.05) is 13.8 Å². The predicted octanol–water partition coefficient (Wildman–Crippen LogP) is 3.87. The highest BCUT2D eigenvalue weighted by Crippen LogP contribution is 2.38. The number of hydrogen-bond donors (Lipinski definition) is 1. The van der Waals surface area contributed by atoms with Gasteiger partial charge in [0, 0.05) is 12.1 Å². The van der Waals surface area contributed by atoms with Gasteiger partial charge in [-0.3, -0.25) is 9.48 Å². The molecule has 1 aliphatic rings. The lowest BCUT2D eigenvalue weighted by atomic mass is 10.0. The molecule has 2 heterocycles. The molecule has 2 atom stereocenters. The highest BCUT2D eigenvalue weighted by Gasteiger charge is 2.35. The minimum Gasteiger partial charge on any atom is -0.485 e. The van der Waals surface area contributed by atoms with Crippen LogP contribution in [0, 0.1) is 11.7 Å². The highest BCUT2D eigenvalue weighted by molar-refractivity contribution is 5.95. The number of ether oxygens (including phenoxy) is 1. The van der Waals surface area contributed by atoms with E-state index in [1.165, 1.54) is 12.1 Å². The van der Waals surface area contributed by atoms with Gasteiger partial charge in [0.1, 0.15) is 11.8 Å². The van der Waals surface area contributed by atoms with E-state index in [-0.39, 0.29) is 23.8 Å². The Balaban J connectivity index is 1.88. The molecule has 2 aromatic rings. The second-order valence-electron chi connectivity index (χ2n) is 6.75. The molecule has 2 unspecified atom stereocenters. The first kappa shape index (κ1) is 18.3. The van der Waals surface area contributed by atoms with Gasteiger partial charge in [-0.1, -0.05) is 26.0 Å². The Morgan fingerprint density at radius 3 is 2.77 bits per heavy atom. The van der Waals surface area contributed by atoms with Crippen LogP contribution in [0.5, 0.6) is 5.75 Å². The summed E-state index contributed by atoms with van der Waals surface area (Å²) < 4.78 is 47.5. The topological polar surface area (TPSA) is 56.2 Å². The second kappa shape index (κ2) is 7.01. The number of rotatable bonds is 5. The van der Waals surface area contributed by atoms with E-state index in [4.69, 9.17) is 4.74 Å². The molecule has 1 N–H and O–H groups in total. The number of nitrogens with one attached hydrogen (secondary N) is 1. The monoisotopic (exact) mass is 367 g/mol. The maximum absolute atomic E-state index is 13.8. The Kier molecular flexibility index (Phi) is 4.93. The number of fused-ring (bicyclic) bond motifs is 1. The smallest absolute Gasteiger partial charge is 0.280 e. The molecule has 140 valence electrons. The number of amides is 1. The summed E-state index contributed by atoms with van der Waals surface area (Å²) >= 11 is 0. The molecular weight excluding hydrogens is 347 g/mol. The molecule has 1 aliphatic heterocycles. The second-order valence-corrected chi connectivity index (χ2v) is 6.75. The highest BCUT2D eigenvalue weighted by atomic mass is 19.3. The van der Waals surface area contributed by atoms with Crippen molar-refractivity contribution in [3.63, 3.8) is 0 Å². The van der Waals surface area contributed by atoms with Crippen molar-refractivity contribution in [2.24, 2.45) is 5.92 Å². The lowest BCUT2D eigenvalue weighted by Gasteiger charge is -2.17. The van der Waals surface area contributed by atoms with E-state index in [0.717, 1.165) is 10.9 Å². The summed E-state index contributed by atoms with van der Waals surface area (Å²) in [5, 5.41) is 6.61. The van der Waals surface area contributed by atoms with E-state index in [9.17, 15) is 18.0 Å². The third-order valence-electron chi connectivity index (χ3n) is 4.26. The summed E-state index contributed by atoms with van der Waals surface area (Å²) in [6.45, 7) is 5.71. The molecule has 8 heteroatoms. The number of aromatic nitrogens is 2. The quantitative estimate of drug-likeness (QED) is 0.873. The van der Waals surface area contributed by atoms with Crippen LogP contribution in [-0.4, -0.2) is 21.8 Å². The van der Waals surface area contributed by atoms with Gasteiger partial charge in [-0.2, -0.15) is 5.10 Å². The van der Waals surface area contributed by atoms with E-state index in [2.05, 4.69) is 10.4 Å². The van der Waals surface area contributed by atoms with Crippen LogP contribution in [0.4, 0.5) is 13.2 Å². The third-order valence-corrected chi connectivity index (χ3v) is 4.26. The van der Waals surface area contributed by atoms with Crippen molar-refractivity contribution in [1.82, 2.24) is 15.1 Å². The number of alkyl halides is 2. The van der Waals surface area contributed by atoms with Crippen molar-refractivity contribution < 1.29 is 22.7 Å². The fourth-order valence-electron chi connectivity index (χ4n) is 3.11. The average molecular weight is 367 g/mol. The molecule has 0 radical (unpaired) electrons. The van der Waals surface area contributed by atoms with Gasteiger partial charge in [0.2, 0.25) is 0 Å². The Labute approximate surface area is 149 Å². The number of benzene rings is 1. The number of nitrogens with zero attached hydrogens (tertiary/aromatic N) is 2. The summed E-state index contributed by atoms with van der Waals surface area (Å²) in [6, 6.07) is 3.79. The van der Waals surface area contributed by atoms with Crippen molar-refractivity contribution in [3.05, 3.63) is 47.0 Å². The van der Waals surface area contributed by atoms with E-state index < -0.39 is 36.0 Å². The summed E-state index contributed by atoms with van der Waals surface area (Å²) in [5.41, 5.74) is -0.112. The molecule has 3 rings (SSSR count). The van der Waals surface area contributed by atoms with Gasteiger partial charge in [0.15, 0.2) is 11.6 Å². The fraction of sp³-hybridized carbons (Fsp3) is 0.444. The summed E-state index contributed by atoms with van der Waals surface area (Å²) in [7, 11) is 0. The third kappa shape index (κ3) is 3.27. The summed E-state index contributed by atoms with van der Waals surface area (Å²) in [4.78, 5) is 12.6. The Hall–Kier alpha value is -2.51. The van der Waals surface area contributed by atoms with Gasteiger partial charge in [0.05, 0.1) is 17.8 Å². The van der Waals surface area contributed by atoms with Gasteiger partial charge >= 0.3 is 0 Å². The molecule has 0 saturated carbocycles. The maximum Gasteiger partial charge on any atom is 0.280 e. The number of halogens is 3. The average Bonchev–Trinajstić information content (AvgIpc) is 3.10. The van der Waals surface area contributed by atoms with Crippen LogP contribution >= 0.6 is 0 Å². The molecule has 26 heavy (non-hydrogen) atoms. The van der Waals surface area contributed by atoms with Gasteiger partial charge < -0.3 is 10.1 Å².